The van der Waals surface area contributed by atoms with E-state index in [9.17, 15) is 0 Å². The van der Waals surface area contributed by atoms with E-state index in [2.05, 4.69) is 38.1 Å². The van der Waals surface area contributed by atoms with Gasteiger partial charge in [0.2, 0.25) is 0 Å². The van der Waals surface area contributed by atoms with Gasteiger partial charge in [-0.3, -0.25) is 0 Å². The first-order valence-corrected chi connectivity index (χ1v) is 6.18. The van der Waals surface area contributed by atoms with Crippen molar-refractivity contribution in [3.05, 3.63) is 34.9 Å². The first-order chi connectivity index (χ1) is 8.06. The van der Waals surface area contributed by atoms with E-state index in [4.69, 9.17) is 5.21 Å². The Balaban J connectivity index is 3.88. The fourth-order valence-corrected chi connectivity index (χ4v) is 1.48. The molecule has 0 aliphatic rings. The standard InChI is InChI=1S/C15H25NO/c1-13(2)7-5-8-14(3)9-6-10-15(4)11-12-16-17/h7,9,11-12,17H,5-6,8,10H2,1-4H3/b14-9-,15-11+,16-12+. The summed E-state index contributed by atoms with van der Waals surface area (Å²) in [5.74, 6) is 0. The zero-order valence-corrected chi connectivity index (χ0v) is 11.5. The number of allylic oxidation sites excluding steroid dienone is 6. The van der Waals surface area contributed by atoms with Crippen molar-refractivity contribution >= 4 is 6.21 Å². The van der Waals surface area contributed by atoms with Crippen molar-refractivity contribution in [1.29, 1.82) is 0 Å². The normalized spacial score (nSPS) is 13.2. The van der Waals surface area contributed by atoms with E-state index < -0.39 is 0 Å². The van der Waals surface area contributed by atoms with Gasteiger partial charge in [-0.1, -0.05) is 34.0 Å². The number of hydrogen-bond donors (Lipinski definition) is 1. The highest BCUT2D eigenvalue weighted by Crippen LogP contribution is 2.10. The topological polar surface area (TPSA) is 32.6 Å². The van der Waals surface area contributed by atoms with E-state index in [-0.39, 0.29) is 0 Å². The molecule has 0 atom stereocenters. The molecule has 0 aliphatic heterocycles. The lowest BCUT2D eigenvalue weighted by Gasteiger charge is -2.00. The molecule has 0 bridgehead atoms. The third kappa shape index (κ3) is 11.0. The van der Waals surface area contributed by atoms with Crippen molar-refractivity contribution in [2.75, 3.05) is 0 Å². The summed E-state index contributed by atoms with van der Waals surface area (Å²) in [5.41, 5.74) is 4.07. The minimum Gasteiger partial charge on any atom is -0.411 e. The fraction of sp³-hybridized carbons (Fsp3) is 0.533. The molecule has 0 unspecified atom stereocenters. The maximum absolute atomic E-state index is 8.28. The number of nitrogens with zero attached hydrogens (tertiary/aromatic N) is 1. The van der Waals surface area contributed by atoms with Gasteiger partial charge in [0, 0.05) is 0 Å². The van der Waals surface area contributed by atoms with Gasteiger partial charge in [-0.15, -0.1) is 0 Å². The third-order valence-corrected chi connectivity index (χ3v) is 2.55. The molecule has 0 radical (unpaired) electrons. The molecule has 0 saturated heterocycles. The Hall–Kier alpha value is -1.31. The van der Waals surface area contributed by atoms with Crippen LogP contribution in [0.2, 0.25) is 0 Å². The molecular weight excluding hydrogens is 210 g/mol. The maximum atomic E-state index is 8.28. The average molecular weight is 235 g/mol. The molecule has 0 heterocycles. The highest BCUT2D eigenvalue weighted by Gasteiger charge is 1.91. The maximum Gasteiger partial charge on any atom is 0.0660 e. The highest BCUT2D eigenvalue weighted by atomic mass is 16.4. The summed E-state index contributed by atoms with van der Waals surface area (Å²) < 4.78 is 0. The van der Waals surface area contributed by atoms with Crippen LogP contribution >= 0.6 is 0 Å². The van der Waals surface area contributed by atoms with E-state index >= 15 is 0 Å². The largest absolute Gasteiger partial charge is 0.411 e. The van der Waals surface area contributed by atoms with Gasteiger partial charge in [0.15, 0.2) is 0 Å². The second-order valence-electron chi connectivity index (χ2n) is 4.69. The van der Waals surface area contributed by atoms with Gasteiger partial charge in [0.1, 0.15) is 0 Å². The third-order valence-electron chi connectivity index (χ3n) is 2.55. The highest BCUT2D eigenvalue weighted by molar-refractivity contribution is 5.71. The molecule has 0 fully saturated rings. The van der Waals surface area contributed by atoms with Crippen molar-refractivity contribution in [1.82, 2.24) is 0 Å². The number of oxime groups is 1. The van der Waals surface area contributed by atoms with Crippen molar-refractivity contribution < 1.29 is 5.21 Å². The summed E-state index contributed by atoms with van der Waals surface area (Å²) in [5, 5.41) is 11.2. The van der Waals surface area contributed by atoms with Crippen molar-refractivity contribution in [2.45, 2.75) is 53.4 Å². The van der Waals surface area contributed by atoms with Gasteiger partial charge in [-0.25, -0.2) is 0 Å². The molecule has 0 amide bonds. The smallest absolute Gasteiger partial charge is 0.0660 e. The van der Waals surface area contributed by atoms with Crippen molar-refractivity contribution in [3.8, 4) is 0 Å². The van der Waals surface area contributed by atoms with E-state index in [0.717, 1.165) is 25.7 Å². The Labute approximate surface area is 105 Å². The van der Waals surface area contributed by atoms with Gasteiger partial charge in [0.05, 0.1) is 6.21 Å². The Morgan fingerprint density at radius 3 is 2.12 bits per heavy atom. The Kier molecular flexibility index (Phi) is 9.12. The molecule has 0 aromatic rings. The van der Waals surface area contributed by atoms with Crippen LogP contribution in [0, 0.1) is 0 Å². The molecule has 1 N–H and O–H groups in total. The predicted octanol–water partition coefficient (Wildman–Crippen LogP) is 4.87. The predicted molar refractivity (Wildman–Crippen MR) is 75.7 cm³/mol. The molecule has 0 aliphatic carbocycles. The van der Waals surface area contributed by atoms with Crippen LogP contribution in [0.15, 0.2) is 40.1 Å². The fourth-order valence-electron chi connectivity index (χ4n) is 1.48. The van der Waals surface area contributed by atoms with Crippen molar-refractivity contribution in [3.63, 3.8) is 0 Å². The van der Waals surface area contributed by atoms with Crippen LogP contribution in [0.25, 0.3) is 0 Å². The summed E-state index contributed by atoms with van der Waals surface area (Å²) in [6, 6.07) is 0. The van der Waals surface area contributed by atoms with E-state index in [0.29, 0.717) is 0 Å². The molecule has 2 heteroatoms. The van der Waals surface area contributed by atoms with E-state index in [1.165, 1.54) is 22.9 Å². The van der Waals surface area contributed by atoms with Crippen LogP contribution < -0.4 is 0 Å². The summed E-state index contributed by atoms with van der Waals surface area (Å²) in [7, 11) is 0. The Morgan fingerprint density at radius 2 is 1.53 bits per heavy atom. The van der Waals surface area contributed by atoms with Crippen LogP contribution in [0.1, 0.15) is 53.4 Å². The molecular formula is C15H25NO. The first-order valence-electron chi connectivity index (χ1n) is 6.18. The molecule has 0 spiro atoms. The first kappa shape index (κ1) is 15.7. The summed E-state index contributed by atoms with van der Waals surface area (Å²) >= 11 is 0. The van der Waals surface area contributed by atoms with E-state index in [1.54, 1.807) is 0 Å². The van der Waals surface area contributed by atoms with Gasteiger partial charge >= 0.3 is 0 Å². The average Bonchev–Trinajstić information content (AvgIpc) is 2.25. The van der Waals surface area contributed by atoms with E-state index in [1.807, 2.05) is 13.0 Å². The zero-order chi connectivity index (χ0) is 13.1. The van der Waals surface area contributed by atoms with Gasteiger partial charge in [-0.05, 0) is 59.5 Å². The monoisotopic (exact) mass is 235 g/mol. The molecule has 17 heavy (non-hydrogen) atoms. The minimum atomic E-state index is 1.02. The number of hydrogen-bond acceptors (Lipinski definition) is 2. The SMILES string of the molecule is CC(C)=CCC/C(C)=C\CC/C(C)=C/C=N/O. The van der Waals surface area contributed by atoms with Gasteiger partial charge in [-0.2, -0.15) is 0 Å². The lowest BCUT2D eigenvalue weighted by atomic mass is 10.1. The zero-order valence-electron chi connectivity index (χ0n) is 11.5. The molecule has 0 saturated carbocycles. The summed E-state index contributed by atoms with van der Waals surface area (Å²) in [4.78, 5) is 0. The van der Waals surface area contributed by atoms with Crippen LogP contribution in [0.3, 0.4) is 0 Å². The molecule has 2 nitrogen and oxygen atoms in total. The van der Waals surface area contributed by atoms with Crippen LogP contribution in [0.5, 0.6) is 0 Å². The van der Waals surface area contributed by atoms with Gasteiger partial charge in [0.25, 0.3) is 0 Å². The number of rotatable bonds is 7. The lowest BCUT2D eigenvalue weighted by Crippen LogP contribution is -1.81. The molecule has 0 aromatic carbocycles. The van der Waals surface area contributed by atoms with Crippen molar-refractivity contribution in [2.24, 2.45) is 5.16 Å². The Morgan fingerprint density at radius 1 is 0.941 bits per heavy atom. The summed E-state index contributed by atoms with van der Waals surface area (Å²) in [6.07, 6.45) is 12.2. The molecule has 0 aromatic heterocycles. The minimum absolute atomic E-state index is 1.02. The van der Waals surface area contributed by atoms with Crippen LogP contribution in [-0.4, -0.2) is 11.4 Å². The van der Waals surface area contributed by atoms with Crippen LogP contribution in [-0.2, 0) is 0 Å². The Bertz CT molecular complexity index is 318. The van der Waals surface area contributed by atoms with Gasteiger partial charge < -0.3 is 5.21 Å². The summed E-state index contributed by atoms with van der Waals surface area (Å²) in [6.45, 7) is 8.51. The quantitative estimate of drug-likeness (QED) is 0.290. The van der Waals surface area contributed by atoms with Crippen LogP contribution in [0.4, 0.5) is 0 Å². The second-order valence-corrected chi connectivity index (χ2v) is 4.69. The lowest BCUT2D eigenvalue weighted by molar-refractivity contribution is 0.322. The molecule has 0 rings (SSSR count). The second kappa shape index (κ2) is 9.88. The molecule has 96 valence electrons.